The quantitative estimate of drug-likeness (QED) is 0.831. The smallest absolute Gasteiger partial charge is 0.156 e. The molecule has 0 fully saturated rings. The summed E-state index contributed by atoms with van der Waals surface area (Å²) in [7, 11) is 0. The molecule has 0 aromatic carbocycles. The zero-order valence-electron chi connectivity index (χ0n) is 12.0. The van der Waals surface area contributed by atoms with Gasteiger partial charge >= 0.3 is 0 Å². The first-order valence-electron chi connectivity index (χ1n) is 7.04. The summed E-state index contributed by atoms with van der Waals surface area (Å²) in [4.78, 5) is 0. The van der Waals surface area contributed by atoms with Crippen molar-refractivity contribution in [3.8, 4) is 0 Å². The zero-order chi connectivity index (χ0) is 13.7. The van der Waals surface area contributed by atoms with Crippen molar-refractivity contribution in [3.63, 3.8) is 0 Å². The number of hydrogen-bond donors (Lipinski definition) is 1. The van der Waals surface area contributed by atoms with Gasteiger partial charge in [-0.25, -0.2) is 0 Å². The molecule has 1 unspecified atom stereocenters. The van der Waals surface area contributed by atoms with Gasteiger partial charge in [-0.1, -0.05) is 25.4 Å². The van der Waals surface area contributed by atoms with E-state index >= 15 is 0 Å². The molecule has 0 saturated carbocycles. The topological polar surface area (TPSA) is 43.0 Å². The van der Waals surface area contributed by atoms with Crippen molar-refractivity contribution in [2.24, 2.45) is 0 Å². The van der Waals surface area contributed by atoms with E-state index in [9.17, 15) is 0 Å². The molecule has 4 heteroatoms. The van der Waals surface area contributed by atoms with Gasteiger partial charge in [-0.3, -0.25) is 0 Å². The summed E-state index contributed by atoms with van der Waals surface area (Å²) in [5.74, 6) is 0.898. The summed E-state index contributed by atoms with van der Waals surface area (Å²) in [6.07, 6.45) is 6.65. The number of nitrogens with zero attached hydrogens (tertiary/aromatic N) is 2. The highest BCUT2D eigenvalue weighted by molar-refractivity contribution is 5.16. The Labute approximate surface area is 114 Å². The first kappa shape index (κ1) is 13.9. The summed E-state index contributed by atoms with van der Waals surface area (Å²) in [6.45, 7) is 8.05. The Kier molecular flexibility index (Phi) is 4.80. The second kappa shape index (κ2) is 6.57. The van der Waals surface area contributed by atoms with Crippen LogP contribution < -0.4 is 5.32 Å². The molecule has 2 aromatic heterocycles. The van der Waals surface area contributed by atoms with E-state index < -0.39 is 0 Å². The van der Waals surface area contributed by atoms with E-state index in [4.69, 9.17) is 4.52 Å². The van der Waals surface area contributed by atoms with Crippen molar-refractivity contribution in [3.05, 3.63) is 41.5 Å². The Bertz CT molecular complexity index is 495. The molecule has 104 valence electrons. The Balaban J connectivity index is 2.04. The maximum absolute atomic E-state index is 5.25. The fourth-order valence-electron chi connectivity index (χ4n) is 2.36. The third kappa shape index (κ3) is 3.70. The first-order chi connectivity index (χ1) is 9.22. The average molecular weight is 261 g/mol. The highest BCUT2D eigenvalue weighted by atomic mass is 16.5. The molecule has 0 aliphatic heterocycles. The van der Waals surface area contributed by atoms with Gasteiger partial charge in [0.25, 0.3) is 0 Å². The largest absolute Gasteiger partial charge is 0.359 e. The van der Waals surface area contributed by atoms with Crippen LogP contribution >= 0.6 is 0 Å². The lowest BCUT2D eigenvalue weighted by atomic mass is 10.1. The lowest BCUT2D eigenvalue weighted by Gasteiger charge is -2.15. The van der Waals surface area contributed by atoms with E-state index in [1.54, 1.807) is 0 Å². The summed E-state index contributed by atoms with van der Waals surface area (Å²) in [6, 6.07) is 4.62. The van der Waals surface area contributed by atoms with Gasteiger partial charge in [0.2, 0.25) is 0 Å². The van der Waals surface area contributed by atoms with Crippen LogP contribution in [-0.2, 0) is 6.54 Å². The van der Waals surface area contributed by atoms with Crippen LogP contribution in [0.1, 0.15) is 49.7 Å². The summed E-state index contributed by atoms with van der Waals surface area (Å²) >= 11 is 0. The fraction of sp³-hybridized carbons (Fsp3) is 0.533. The number of aromatic nitrogens is 2. The average Bonchev–Trinajstić information content (AvgIpc) is 2.99. The molecule has 2 aromatic rings. The van der Waals surface area contributed by atoms with Gasteiger partial charge in [0.15, 0.2) is 5.76 Å². The van der Waals surface area contributed by atoms with Crippen molar-refractivity contribution in [2.45, 2.75) is 46.2 Å². The minimum Gasteiger partial charge on any atom is -0.359 e. The van der Waals surface area contributed by atoms with E-state index in [-0.39, 0.29) is 0 Å². The molecule has 0 saturated heterocycles. The minimum atomic E-state index is 0.452. The minimum absolute atomic E-state index is 0.452. The summed E-state index contributed by atoms with van der Waals surface area (Å²) < 4.78 is 7.39. The number of hydrogen-bond acceptors (Lipinski definition) is 3. The molecule has 0 aliphatic carbocycles. The van der Waals surface area contributed by atoms with E-state index in [2.05, 4.69) is 47.3 Å². The molecular weight excluding hydrogens is 238 g/mol. The van der Waals surface area contributed by atoms with Gasteiger partial charge in [-0.05, 0) is 31.5 Å². The van der Waals surface area contributed by atoms with E-state index in [0.29, 0.717) is 6.04 Å². The number of nitrogens with one attached hydrogen (secondary N) is 1. The van der Waals surface area contributed by atoms with Crippen molar-refractivity contribution in [2.75, 3.05) is 6.54 Å². The molecule has 1 atom stereocenters. The van der Waals surface area contributed by atoms with Crippen LogP contribution in [0.15, 0.2) is 29.0 Å². The van der Waals surface area contributed by atoms with Crippen LogP contribution in [0, 0.1) is 6.92 Å². The summed E-state index contributed by atoms with van der Waals surface area (Å²) in [5.41, 5.74) is 2.28. The molecule has 4 nitrogen and oxygen atoms in total. The third-order valence-corrected chi connectivity index (χ3v) is 3.22. The molecule has 0 bridgehead atoms. The molecular formula is C15H23N3O. The highest BCUT2D eigenvalue weighted by Crippen LogP contribution is 2.19. The van der Waals surface area contributed by atoms with Crippen LogP contribution in [0.5, 0.6) is 0 Å². The van der Waals surface area contributed by atoms with Crippen LogP contribution in [0.25, 0.3) is 0 Å². The summed E-state index contributed by atoms with van der Waals surface area (Å²) in [5, 5.41) is 7.44. The third-order valence-electron chi connectivity index (χ3n) is 3.22. The molecule has 1 N–H and O–H groups in total. The van der Waals surface area contributed by atoms with Crippen molar-refractivity contribution in [1.29, 1.82) is 0 Å². The Morgan fingerprint density at radius 1 is 1.42 bits per heavy atom. The standard InChI is InChI=1S/C15H23N3O/c1-4-6-15(16-5-2)13-7-8-18(10-13)11-14-9-12(3)17-19-14/h7-10,15-16H,4-6,11H2,1-3H3. The predicted molar refractivity (Wildman–Crippen MR) is 76.1 cm³/mol. The molecule has 0 spiro atoms. The van der Waals surface area contributed by atoms with E-state index in [1.165, 1.54) is 18.4 Å². The van der Waals surface area contributed by atoms with Crippen molar-refractivity contribution < 1.29 is 4.52 Å². The molecule has 19 heavy (non-hydrogen) atoms. The molecule has 0 aliphatic rings. The van der Waals surface area contributed by atoms with Gasteiger partial charge in [0, 0.05) is 24.5 Å². The fourth-order valence-corrected chi connectivity index (χ4v) is 2.36. The second-order valence-corrected chi connectivity index (χ2v) is 4.95. The maximum Gasteiger partial charge on any atom is 0.156 e. The number of rotatable bonds is 7. The monoisotopic (exact) mass is 261 g/mol. The van der Waals surface area contributed by atoms with Gasteiger partial charge in [-0.2, -0.15) is 0 Å². The Hall–Kier alpha value is -1.55. The Morgan fingerprint density at radius 3 is 2.89 bits per heavy atom. The van der Waals surface area contributed by atoms with Crippen molar-refractivity contribution >= 4 is 0 Å². The molecule has 0 radical (unpaired) electrons. The van der Waals surface area contributed by atoms with E-state index in [1.807, 2.05) is 13.0 Å². The van der Waals surface area contributed by atoms with Gasteiger partial charge in [-0.15, -0.1) is 0 Å². The van der Waals surface area contributed by atoms with Gasteiger partial charge in [0.1, 0.15) is 0 Å². The van der Waals surface area contributed by atoms with Gasteiger partial charge < -0.3 is 14.4 Å². The zero-order valence-corrected chi connectivity index (χ0v) is 12.0. The van der Waals surface area contributed by atoms with Crippen LogP contribution in [0.3, 0.4) is 0 Å². The van der Waals surface area contributed by atoms with Gasteiger partial charge in [0.05, 0.1) is 12.2 Å². The normalized spacial score (nSPS) is 12.8. The van der Waals surface area contributed by atoms with Crippen LogP contribution in [0.2, 0.25) is 0 Å². The van der Waals surface area contributed by atoms with Crippen LogP contribution in [-0.4, -0.2) is 16.3 Å². The molecule has 2 rings (SSSR count). The second-order valence-electron chi connectivity index (χ2n) is 4.95. The lowest BCUT2D eigenvalue weighted by molar-refractivity contribution is 0.373. The lowest BCUT2D eigenvalue weighted by Crippen LogP contribution is -2.20. The maximum atomic E-state index is 5.25. The predicted octanol–water partition coefficient (Wildman–Crippen LogP) is 3.28. The highest BCUT2D eigenvalue weighted by Gasteiger charge is 2.11. The molecule has 0 amide bonds. The number of aryl methyl sites for hydroxylation is 1. The SMILES string of the molecule is CCCC(NCC)c1ccn(Cc2cc(C)no2)c1. The first-order valence-corrected chi connectivity index (χ1v) is 7.04. The van der Waals surface area contributed by atoms with Crippen molar-refractivity contribution in [1.82, 2.24) is 15.0 Å². The van der Waals surface area contributed by atoms with Crippen LogP contribution in [0.4, 0.5) is 0 Å². The van der Waals surface area contributed by atoms with E-state index in [0.717, 1.165) is 24.5 Å². The Morgan fingerprint density at radius 2 is 2.26 bits per heavy atom. The molecule has 2 heterocycles.